The van der Waals surface area contributed by atoms with E-state index in [-0.39, 0.29) is 29.8 Å². The van der Waals surface area contributed by atoms with E-state index in [1.165, 1.54) is 6.07 Å². The Bertz CT molecular complexity index is 818. The fraction of sp³-hybridized carbons (Fsp3) is 0.636. The summed E-state index contributed by atoms with van der Waals surface area (Å²) in [6.07, 6.45) is -1.13. The van der Waals surface area contributed by atoms with Crippen molar-refractivity contribution in [2.24, 2.45) is 11.8 Å². The average molecular weight is 424 g/mol. The van der Waals surface area contributed by atoms with Gasteiger partial charge in [-0.15, -0.1) is 0 Å². The lowest BCUT2D eigenvalue weighted by molar-refractivity contribution is -0.152. The minimum absolute atomic E-state index is 0.00253. The first-order valence-corrected chi connectivity index (χ1v) is 10.7. The lowest BCUT2D eigenvalue weighted by atomic mass is 9.83. The van der Waals surface area contributed by atoms with Gasteiger partial charge in [-0.05, 0) is 62.8 Å². The SMILES string of the molecule is CCOC(=O)C1CCN(C(=O)C2Cc3cc(C(F)(F)F)ccc3N3CCCC23)CC1. The molecule has 0 aliphatic carbocycles. The quantitative estimate of drug-likeness (QED) is 0.695. The van der Waals surface area contributed by atoms with E-state index < -0.39 is 11.7 Å². The van der Waals surface area contributed by atoms with E-state index in [1.54, 1.807) is 17.9 Å². The van der Waals surface area contributed by atoms with Crippen molar-refractivity contribution < 1.29 is 27.5 Å². The van der Waals surface area contributed by atoms with Gasteiger partial charge in [-0.3, -0.25) is 9.59 Å². The van der Waals surface area contributed by atoms with E-state index in [0.717, 1.165) is 31.1 Å². The number of hydrogen-bond acceptors (Lipinski definition) is 4. The van der Waals surface area contributed by atoms with Crippen LogP contribution in [0.1, 0.15) is 43.7 Å². The van der Waals surface area contributed by atoms with Crippen LogP contribution in [0.5, 0.6) is 0 Å². The first-order chi connectivity index (χ1) is 14.3. The van der Waals surface area contributed by atoms with E-state index >= 15 is 0 Å². The molecule has 0 spiro atoms. The number of ether oxygens (including phenoxy) is 1. The number of halogens is 3. The van der Waals surface area contributed by atoms with E-state index in [0.29, 0.717) is 44.5 Å². The molecule has 1 aromatic carbocycles. The highest BCUT2D eigenvalue weighted by Crippen LogP contribution is 2.42. The number of rotatable bonds is 3. The van der Waals surface area contributed by atoms with E-state index in [1.807, 2.05) is 0 Å². The number of piperidine rings is 1. The zero-order valence-corrected chi connectivity index (χ0v) is 17.1. The molecule has 3 aliphatic rings. The van der Waals surface area contributed by atoms with Crippen LogP contribution in [0.15, 0.2) is 18.2 Å². The lowest BCUT2D eigenvalue weighted by Crippen LogP contribution is -2.51. The highest BCUT2D eigenvalue weighted by Gasteiger charge is 2.44. The molecule has 2 unspecified atom stereocenters. The summed E-state index contributed by atoms with van der Waals surface area (Å²) in [6, 6.07) is 3.93. The molecule has 1 amide bonds. The summed E-state index contributed by atoms with van der Waals surface area (Å²) in [5.41, 5.74) is 0.763. The van der Waals surface area contributed by atoms with E-state index in [9.17, 15) is 22.8 Å². The summed E-state index contributed by atoms with van der Waals surface area (Å²) in [7, 11) is 0. The number of amides is 1. The molecule has 5 nitrogen and oxygen atoms in total. The second kappa shape index (κ2) is 8.12. The third-order valence-electron chi connectivity index (χ3n) is 6.66. The Morgan fingerprint density at radius 2 is 1.87 bits per heavy atom. The number of esters is 1. The zero-order valence-electron chi connectivity index (χ0n) is 17.1. The number of alkyl halides is 3. The molecule has 1 aromatic rings. The molecular weight excluding hydrogens is 397 g/mol. The number of likely N-dealkylation sites (tertiary alicyclic amines) is 1. The molecule has 0 radical (unpaired) electrons. The average Bonchev–Trinajstić information content (AvgIpc) is 3.22. The Morgan fingerprint density at radius 3 is 2.53 bits per heavy atom. The predicted octanol–water partition coefficient (Wildman–Crippen LogP) is 3.65. The molecule has 3 heterocycles. The van der Waals surface area contributed by atoms with Gasteiger partial charge in [0.1, 0.15) is 0 Å². The standard InChI is InChI=1S/C22H27F3N2O3/c1-2-30-21(29)14-7-10-26(11-8-14)20(28)17-13-15-12-16(22(23,24)25)5-6-18(15)27-9-3-4-19(17)27/h5-6,12,14,17,19H,2-4,7-11,13H2,1H3. The zero-order chi connectivity index (χ0) is 21.5. The van der Waals surface area contributed by atoms with Crippen LogP contribution >= 0.6 is 0 Å². The highest BCUT2D eigenvalue weighted by atomic mass is 19.4. The van der Waals surface area contributed by atoms with Gasteiger partial charge in [0.05, 0.1) is 24.0 Å². The predicted molar refractivity (Wildman–Crippen MR) is 105 cm³/mol. The van der Waals surface area contributed by atoms with E-state index in [2.05, 4.69) is 4.90 Å². The van der Waals surface area contributed by atoms with Crippen LogP contribution in [0, 0.1) is 11.8 Å². The Balaban J connectivity index is 1.51. The third-order valence-corrected chi connectivity index (χ3v) is 6.66. The van der Waals surface area contributed by atoms with Gasteiger partial charge in [0, 0.05) is 31.4 Å². The summed E-state index contributed by atoms with van der Waals surface area (Å²) < 4.78 is 44.7. The molecule has 30 heavy (non-hydrogen) atoms. The van der Waals surface area contributed by atoms with Gasteiger partial charge in [0.2, 0.25) is 5.91 Å². The van der Waals surface area contributed by atoms with Crippen molar-refractivity contribution in [3.8, 4) is 0 Å². The number of benzene rings is 1. The van der Waals surface area contributed by atoms with Crippen molar-refractivity contribution in [3.05, 3.63) is 29.3 Å². The molecule has 0 bridgehead atoms. The summed E-state index contributed by atoms with van der Waals surface area (Å²) in [6.45, 7) is 3.85. The smallest absolute Gasteiger partial charge is 0.416 e. The van der Waals surface area contributed by atoms with Gasteiger partial charge in [-0.1, -0.05) is 0 Å². The van der Waals surface area contributed by atoms with Crippen molar-refractivity contribution >= 4 is 17.6 Å². The first kappa shape index (κ1) is 21.0. The normalized spacial score (nSPS) is 24.4. The maximum absolute atomic E-state index is 13.4. The molecule has 2 atom stereocenters. The van der Waals surface area contributed by atoms with Crippen LogP contribution in [-0.4, -0.2) is 49.1 Å². The van der Waals surface area contributed by atoms with Crippen molar-refractivity contribution in [3.63, 3.8) is 0 Å². The molecule has 0 N–H and O–H groups in total. The number of carbonyl (C=O) groups is 2. The van der Waals surface area contributed by atoms with Crippen molar-refractivity contribution in [1.82, 2.24) is 4.90 Å². The van der Waals surface area contributed by atoms with Crippen molar-refractivity contribution in [2.45, 2.75) is 51.2 Å². The third kappa shape index (κ3) is 3.88. The second-order valence-corrected chi connectivity index (χ2v) is 8.41. The maximum Gasteiger partial charge on any atom is 0.416 e. The first-order valence-electron chi connectivity index (χ1n) is 10.7. The largest absolute Gasteiger partial charge is 0.466 e. The molecule has 0 aromatic heterocycles. The monoisotopic (exact) mass is 424 g/mol. The molecule has 4 rings (SSSR count). The van der Waals surface area contributed by atoms with Crippen LogP contribution < -0.4 is 4.90 Å². The van der Waals surface area contributed by atoms with Crippen LogP contribution in [0.25, 0.3) is 0 Å². The summed E-state index contributed by atoms with van der Waals surface area (Å²) in [4.78, 5) is 29.2. The Hall–Kier alpha value is -2.25. The summed E-state index contributed by atoms with van der Waals surface area (Å²) >= 11 is 0. The number of nitrogens with zero attached hydrogens (tertiary/aromatic N) is 2. The van der Waals surface area contributed by atoms with Gasteiger partial charge in [-0.25, -0.2) is 0 Å². The van der Waals surface area contributed by atoms with Crippen LogP contribution in [0.3, 0.4) is 0 Å². The molecule has 0 saturated carbocycles. The Labute approximate surface area is 174 Å². The topological polar surface area (TPSA) is 49.9 Å². The van der Waals surface area contributed by atoms with Gasteiger partial charge < -0.3 is 14.5 Å². The summed E-state index contributed by atoms with van der Waals surface area (Å²) in [5.74, 6) is -0.740. The lowest BCUT2D eigenvalue weighted by Gasteiger charge is -2.42. The molecule has 3 aliphatic heterocycles. The van der Waals surface area contributed by atoms with Crippen molar-refractivity contribution in [1.29, 1.82) is 0 Å². The molecule has 2 saturated heterocycles. The fourth-order valence-electron chi connectivity index (χ4n) is 5.17. The van der Waals surface area contributed by atoms with Gasteiger partial charge in [0.25, 0.3) is 0 Å². The Morgan fingerprint density at radius 1 is 1.13 bits per heavy atom. The minimum atomic E-state index is -4.40. The molecular formula is C22H27F3N2O3. The van der Waals surface area contributed by atoms with E-state index in [4.69, 9.17) is 4.74 Å². The van der Waals surface area contributed by atoms with Crippen LogP contribution in [0.4, 0.5) is 18.9 Å². The number of fused-ring (bicyclic) bond motifs is 3. The molecule has 8 heteroatoms. The summed E-state index contributed by atoms with van der Waals surface area (Å²) in [5, 5.41) is 0. The van der Waals surface area contributed by atoms with Gasteiger partial charge in [-0.2, -0.15) is 13.2 Å². The van der Waals surface area contributed by atoms with Gasteiger partial charge >= 0.3 is 12.1 Å². The van der Waals surface area contributed by atoms with Gasteiger partial charge in [0.15, 0.2) is 0 Å². The number of carbonyl (C=O) groups excluding carboxylic acids is 2. The number of hydrogen-bond donors (Lipinski definition) is 0. The minimum Gasteiger partial charge on any atom is -0.466 e. The fourth-order valence-corrected chi connectivity index (χ4v) is 5.17. The molecule has 164 valence electrons. The molecule has 2 fully saturated rings. The maximum atomic E-state index is 13.4. The van der Waals surface area contributed by atoms with Crippen LogP contribution in [-0.2, 0) is 26.9 Å². The van der Waals surface area contributed by atoms with Crippen molar-refractivity contribution in [2.75, 3.05) is 31.1 Å². The Kier molecular flexibility index (Phi) is 5.68. The number of anilines is 1. The second-order valence-electron chi connectivity index (χ2n) is 8.41. The van der Waals surface area contributed by atoms with Crippen LogP contribution in [0.2, 0.25) is 0 Å². The highest BCUT2D eigenvalue weighted by molar-refractivity contribution is 5.83.